The van der Waals surface area contributed by atoms with Gasteiger partial charge in [-0.15, -0.1) is 0 Å². The van der Waals surface area contributed by atoms with Gasteiger partial charge in [0.15, 0.2) is 5.54 Å². The van der Waals surface area contributed by atoms with Crippen molar-refractivity contribution in [3.8, 4) is 0 Å². The molecule has 1 aromatic rings. The van der Waals surface area contributed by atoms with Crippen molar-refractivity contribution >= 4 is 12.1 Å². The first-order valence-corrected chi connectivity index (χ1v) is 7.58. The van der Waals surface area contributed by atoms with E-state index in [1.807, 2.05) is 30.3 Å². The van der Waals surface area contributed by atoms with Gasteiger partial charge in [-0.3, -0.25) is 4.90 Å². The maximum Gasteiger partial charge on any atom is 0.411 e. The number of nitrogens with zero attached hydrogens (tertiary/aromatic N) is 1. The number of rotatable bonds is 3. The molecule has 1 aliphatic rings. The molecule has 1 amide bonds. The van der Waals surface area contributed by atoms with E-state index in [2.05, 4.69) is 0 Å². The smallest absolute Gasteiger partial charge is 0.411 e. The molecular formula is C17H23NO5. The van der Waals surface area contributed by atoms with Crippen molar-refractivity contribution in [1.29, 1.82) is 0 Å². The van der Waals surface area contributed by atoms with Crippen molar-refractivity contribution < 1.29 is 24.5 Å². The lowest BCUT2D eigenvalue weighted by molar-refractivity contribution is -0.156. The number of aliphatic hydroxyl groups excluding tert-OH is 1. The Balaban J connectivity index is 2.21. The summed E-state index contributed by atoms with van der Waals surface area (Å²) in [4.78, 5) is 25.6. The van der Waals surface area contributed by atoms with Gasteiger partial charge < -0.3 is 14.9 Å². The van der Waals surface area contributed by atoms with E-state index in [9.17, 15) is 19.8 Å². The van der Waals surface area contributed by atoms with Crippen LogP contribution in [0.25, 0.3) is 0 Å². The van der Waals surface area contributed by atoms with Crippen LogP contribution in [0.5, 0.6) is 0 Å². The van der Waals surface area contributed by atoms with E-state index in [1.54, 1.807) is 20.8 Å². The van der Waals surface area contributed by atoms with E-state index >= 15 is 0 Å². The molecule has 126 valence electrons. The van der Waals surface area contributed by atoms with Crippen molar-refractivity contribution in [2.24, 2.45) is 5.41 Å². The van der Waals surface area contributed by atoms with Crippen LogP contribution < -0.4 is 0 Å². The molecule has 2 rings (SSSR count). The highest BCUT2D eigenvalue weighted by Crippen LogP contribution is 2.44. The van der Waals surface area contributed by atoms with Crippen LogP contribution in [0.2, 0.25) is 0 Å². The molecule has 1 aliphatic heterocycles. The van der Waals surface area contributed by atoms with Crippen molar-refractivity contribution in [1.82, 2.24) is 4.90 Å². The number of β-amino-alcohol motifs (C(OH)–C–C–N with tert-alkyl or cyclic N) is 1. The van der Waals surface area contributed by atoms with Crippen LogP contribution in [-0.4, -0.2) is 45.4 Å². The number of carboxylic acid groups (broad SMARTS) is 1. The second-order valence-corrected chi connectivity index (χ2v) is 6.92. The Bertz CT molecular complexity index is 580. The van der Waals surface area contributed by atoms with E-state index in [1.165, 1.54) is 0 Å². The van der Waals surface area contributed by atoms with Gasteiger partial charge >= 0.3 is 12.1 Å². The molecule has 1 fully saturated rings. The standard InChI is InChI=1S/C17H23NO5/c1-16(2,3)17(14(20)21)9-13(19)10-18(17)15(22)23-11-12-7-5-4-6-8-12/h4-8,13,19H,9-11H2,1-3H3,(H,20,21)/t13?,17-/m0/s1. The zero-order valence-corrected chi connectivity index (χ0v) is 13.7. The Morgan fingerprint density at radius 2 is 1.91 bits per heavy atom. The molecule has 6 heteroatoms. The minimum Gasteiger partial charge on any atom is -0.479 e. The zero-order chi connectivity index (χ0) is 17.3. The number of amides is 1. The van der Waals surface area contributed by atoms with Crippen LogP contribution in [-0.2, 0) is 16.1 Å². The fraction of sp³-hybridized carbons (Fsp3) is 0.529. The average molecular weight is 321 g/mol. The maximum atomic E-state index is 12.5. The van der Waals surface area contributed by atoms with Gasteiger partial charge in [0, 0.05) is 6.42 Å². The number of likely N-dealkylation sites (tertiary alicyclic amines) is 1. The molecule has 1 aromatic carbocycles. The van der Waals surface area contributed by atoms with E-state index in [4.69, 9.17) is 4.74 Å². The van der Waals surface area contributed by atoms with Crippen molar-refractivity contribution in [2.45, 2.75) is 45.4 Å². The second-order valence-electron chi connectivity index (χ2n) is 6.92. The summed E-state index contributed by atoms with van der Waals surface area (Å²) < 4.78 is 5.27. The van der Waals surface area contributed by atoms with E-state index in [0.717, 1.165) is 10.5 Å². The minimum atomic E-state index is -1.49. The summed E-state index contributed by atoms with van der Waals surface area (Å²) in [5.41, 5.74) is -1.42. The summed E-state index contributed by atoms with van der Waals surface area (Å²) >= 11 is 0. The van der Waals surface area contributed by atoms with E-state index < -0.39 is 29.1 Å². The fourth-order valence-electron chi connectivity index (χ4n) is 3.14. The first kappa shape index (κ1) is 17.3. The number of hydrogen-bond donors (Lipinski definition) is 2. The van der Waals surface area contributed by atoms with Gasteiger partial charge in [-0.05, 0) is 11.0 Å². The van der Waals surface area contributed by atoms with Gasteiger partial charge in [0.2, 0.25) is 0 Å². The number of carboxylic acids is 1. The van der Waals surface area contributed by atoms with Gasteiger partial charge in [-0.1, -0.05) is 51.1 Å². The number of benzene rings is 1. The number of ether oxygens (including phenoxy) is 1. The lowest BCUT2D eigenvalue weighted by Gasteiger charge is -2.43. The van der Waals surface area contributed by atoms with Crippen LogP contribution in [0, 0.1) is 5.41 Å². The summed E-state index contributed by atoms with van der Waals surface area (Å²) in [6.07, 6.45) is -1.61. The molecule has 2 N–H and O–H groups in total. The van der Waals surface area contributed by atoms with Crippen LogP contribution >= 0.6 is 0 Å². The summed E-state index contributed by atoms with van der Waals surface area (Å²) in [6.45, 7) is 5.26. The fourth-order valence-corrected chi connectivity index (χ4v) is 3.14. The van der Waals surface area contributed by atoms with Crippen molar-refractivity contribution in [2.75, 3.05) is 6.54 Å². The monoisotopic (exact) mass is 321 g/mol. The number of carbonyl (C=O) groups is 2. The lowest BCUT2D eigenvalue weighted by atomic mass is 9.71. The highest BCUT2D eigenvalue weighted by atomic mass is 16.6. The lowest BCUT2D eigenvalue weighted by Crippen LogP contribution is -2.60. The number of carbonyl (C=O) groups excluding carboxylic acids is 1. The predicted molar refractivity (Wildman–Crippen MR) is 83.8 cm³/mol. The summed E-state index contributed by atoms with van der Waals surface area (Å²) in [5.74, 6) is -1.13. The Kier molecular flexibility index (Phi) is 4.66. The van der Waals surface area contributed by atoms with Gasteiger partial charge in [0.1, 0.15) is 6.61 Å². The molecule has 1 heterocycles. The molecule has 0 spiro atoms. The minimum absolute atomic E-state index is 0.00767. The Hall–Kier alpha value is -2.08. The largest absolute Gasteiger partial charge is 0.479 e. The quantitative estimate of drug-likeness (QED) is 0.891. The zero-order valence-electron chi connectivity index (χ0n) is 13.7. The van der Waals surface area contributed by atoms with Crippen LogP contribution in [0.1, 0.15) is 32.8 Å². The third-order valence-electron chi connectivity index (χ3n) is 4.41. The molecule has 1 saturated heterocycles. The van der Waals surface area contributed by atoms with Gasteiger partial charge in [-0.25, -0.2) is 9.59 Å². The van der Waals surface area contributed by atoms with Crippen molar-refractivity contribution in [3.63, 3.8) is 0 Å². The topological polar surface area (TPSA) is 87.1 Å². The normalized spacial score (nSPS) is 24.5. The maximum absolute atomic E-state index is 12.5. The molecule has 1 unspecified atom stereocenters. The van der Waals surface area contributed by atoms with Crippen molar-refractivity contribution in [3.05, 3.63) is 35.9 Å². The number of aliphatic hydroxyl groups is 1. The summed E-state index contributed by atoms with van der Waals surface area (Å²) in [7, 11) is 0. The first-order chi connectivity index (χ1) is 10.7. The van der Waals surface area contributed by atoms with E-state index in [-0.39, 0.29) is 19.6 Å². The van der Waals surface area contributed by atoms with Crippen LogP contribution in [0.4, 0.5) is 4.79 Å². The molecular weight excluding hydrogens is 298 g/mol. The van der Waals surface area contributed by atoms with Crippen LogP contribution in [0.3, 0.4) is 0 Å². The number of hydrogen-bond acceptors (Lipinski definition) is 4. The average Bonchev–Trinajstić information content (AvgIpc) is 2.84. The molecule has 23 heavy (non-hydrogen) atoms. The van der Waals surface area contributed by atoms with Crippen LogP contribution in [0.15, 0.2) is 30.3 Å². The Morgan fingerprint density at radius 3 is 2.43 bits per heavy atom. The van der Waals surface area contributed by atoms with Gasteiger partial charge in [0.25, 0.3) is 0 Å². The molecule has 2 atom stereocenters. The molecule has 0 aliphatic carbocycles. The molecule has 0 bridgehead atoms. The molecule has 0 saturated carbocycles. The molecule has 0 radical (unpaired) electrons. The second kappa shape index (κ2) is 6.20. The third kappa shape index (κ3) is 3.17. The predicted octanol–water partition coefficient (Wildman–Crippen LogP) is 2.26. The first-order valence-electron chi connectivity index (χ1n) is 7.58. The number of aliphatic carboxylic acids is 1. The summed E-state index contributed by atoms with van der Waals surface area (Å²) in [6, 6.07) is 9.16. The third-order valence-corrected chi connectivity index (χ3v) is 4.41. The Morgan fingerprint density at radius 1 is 1.30 bits per heavy atom. The van der Waals surface area contributed by atoms with E-state index in [0.29, 0.717) is 0 Å². The SMILES string of the molecule is CC(C)(C)[C@@]1(C(=O)O)CC(O)CN1C(=O)OCc1ccccc1. The highest BCUT2D eigenvalue weighted by molar-refractivity contribution is 5.86. The molecule has 6 nitrogen and oxygen atoms in total. The van der Waals surface area contributed by atoms with Gasteiger partial charge in [0.05, 0.1) is 12.6 Å². The Labute approximate surface area is 135 Å². The summed E-state index contributed by atoms with van der Waals surface area (Å²) in [5, 5.41) is 19.7. The van der Waals surface area contributed by atoms with Gasteiger partial charge in [-0.2, -0.15) is 0 Å². The molecule has 0 aromatic heterocycles. The highest BCUT2D eigenvalue weighted by Gasteiger charge is 2.60.